The fraction of sp³-hybridized carbons (Fsp3) is 0.0870. The minimum Gasteiger partial charge on any atom is -0.497 e. The van der Waals surface area contributed by atoms with Gasteiger partial charge in [0.1, 0.15) is 5.75 Å². The lowest BCUT2D eigenvalue weighted by Crippen LogP contribution is -2.24. The average Bonchev–Trinajstić information content (AvgIpc) is 3.17. The molecule has 6 nitrogen and oxygen atoms in total. The fourth-order valence-electron chi connectivity index (χ4n) is 3.24. The van der Waals surface area contributed by atoms with Crippen LogP contribution in [-0.2, 0) is 0 Å². The average molecular weight is 384 g/mol. The van der Waals surface area contributed by atoms with E-state index in [0.29, 0.717) is 5.82 Å². The highest BCUT2D eigenvalue weighted by Crippen LogP contribution is 2.28. The largest absolute Gasteiger partial charge is 0.497 e. The van der Waals surface area contributed by atoms with Crippen LogP contribution in [0.1, 0.15) is 21.8 Å². The minimum atomic E-state index is -0.537. The molecular formula is C23H20N4O2. The number of benzene rings is 3. The Morgan fingerprint density at radius 1 is 0.897 bits per heavy atom. The quantitative estimate of drug-likeness (QED) is 0.562. The highest BCUT2D eigenvalue weighted by molar-refractivity contribution is 5.90. The molecule has 1 aromatic heterocycles. The van der Waals surface area contributed by atoms with Crippen molar-refractivity contribution in [3.8, 4) is 17.1 Å². The van der Waals surface area contributed by atoms with Crippen molar-refractivity contribution in [2.24, 2.45) is 0 Å². The minimum absolute atomic E-state index is 0.0534. The van der Waals surface area contributed by atoms with Crippen molar-refractivity contribution in [3.05, 3.63) is 96.1 Å². The molecule has 0 aliphatic carbocycles. The lowest BCUT2D eigenvalue weighted by molar-refractivity contribution is 0.0880. The summed E-state index contributed by atoms with van der Waals surface area (Å²) in [5, 5.41) is 4.40. The molecule has 0 spiro atoms. The maximum absolute atomic E-state index is 13.5. The maximum atomic E-state index is 13.5. The van der Waals surface area contributed by atoms with Gasteiger partial charge < -0.3 is 10.5 Å². The van der Waals surface area contributed by atoms with E-state index in [1.807, 2.05) is 84.9 Å². The number of rotatable bonds is 5. The van der Waals surface area contributed by atoms with E-state index in [-0.39, 0.29) is 11.9 Å². The Labute approximate surface area is 168 Å². The summed E-state index contributed by atoms with van der Waals surface area (Å²) < 4.78 is 6.36. The van der Waals surface area contributed by atoms with Gasteiger partial charge in [-0.05, 0) is 35.4 Å². The van der Waals surface area contributed by atoms with E-state index in [4.69, 9.17) is 10.5 Å². The van der Waals surface area contributed by atoms with E-state index in [2.05, 4.69) is 10.1 Å². The molecule has 0 amide bonds. The lowest BCUT2D eigenvalue weighted by Gasteiger charge is -2.16. The second-order valence-electron chi connectivity index (χ2n) is 6.53. The van der Waals surface area contributed by atoms with E-state index in [0.717, 1.165) is 22.4 Å². The van der Waals surface area contributed by atoms with Crippen molar-refractivity contribution in [1.82, 2.24) is 14.8 Å². The standard InChI is InChI=1S/C23H20N4O2/c1-29-19-14-12-18(13-15-19)21-25-23(24)27(26-21)22(28)20(16-8-4-2-5-9-16)17-10-6-3-7-11-17/h2-15,20H,1H3,(H2,24,25,26). The number of ether oxygens (including phenoxy) is 1. The molecule has 4 rings (SSSR count). The number of carbonyl (C=O) groups excluding carboxylic acids is 1. The Bertz CT molecular complexity index is 1070. The van der Waals surface area contributed by atoms with Gasteiger partial charge in [-0.2, -0.15) is 9.67 Å². The third-order valence-electron chi connectivity index (χ3n) is 4.70. The van der Waals surface area contributed by atoms with E-state index >= 15 is 0 Å². The summed E-state index contributed by atoms with van der Waals surface area (Å²) in [5.74, 6) is 0.374. The number of methoxy groups -OCH3 is 1. The van der Waals surface area contributed by atoms with Gasteiger partial charge in [-0.1, -0.05) is 60.7 Å². The summed E-state index contributed by atoms with van der Waals surface area (Å²) in [5.41, 5.74) is 8.55. The van der Waals surface area contributed by atoms with Crippen LogP contribution < -0.4 is 10.5 Å². The molecule has 144 valence electrons. The molecule has 1 heterocycles. The molecule has 0 saturated heterocycles. The van der Waals surface area contributed by atoms with Crippen LogP contribution in [-0.4, -0.2) is 27.8 Å². The molecule has 0 aliphatic heterocycles. The third kappa shape index (κ3) is 3.73. The second-order valence-corrected chi connectivity index (χ2v) is 6.53. The Kier molecular flexibility index (Phi) is 5.07. The van der Waals surface area contributed by atoms with Gasteiger partial charge in [0.25, 0.3) is 5.91 Å². The monoisotopic (exact) mass is 384 g/mol. The van der Waals surface area contributed by atoms with Crippen LogP contribution in [0.4, 0.5) is 5.95 Å². The zero-order valence-electron chi connectivity index (χ0n) is 15.9. The lowest BCUT2D eigenvalue weighted by atomic mass is 9.90. The molecule has 6 heteroatoms. The molecule has 3 aromatic carbocycles. The Morgan fingerprint density at radius 3 is 1.97 bits per heavy atom. The van der Waals surface area contributed by atoms with Crippen LogP contribution in [0.5, 0.6) is 5.75 Å². The fourth-order valence-corrected chi connectivity index (χ4v) is 3.24. The van der Waals surface area contributed by atoms with Crippen LogP contribution in [0.2, 0.25) is 0 Å². The predicted octanol–water partition coefficient (Wildman–Crippen LogP) is 4.01. The van der Waals surface area contributed by atoms with Crippen molar-refractivity contribution in [3.63, 3.8) is 0 Å². The van der Waals surface area contributed by atoms with Gasteiger partial charge in [-0.15, -0.1) is 5.10 Å². The molecule has 4 aromatic rings. The van der Waals surface area contributed by atoms with Gasteiger partial charge in [0, 0.05) is 5.56 Å². The summed E-state index contributed by atoms with van der Waals surface area (Å²) in [7, 11) is 1.60. The predicted molar refractivity (Wildman–Crippen MR) is 112 cm³/mol. The molecule has 29 heavy (non-hydrogen) atoms. The number of aromatic nitrogens is 3. The van der Waals surface area contributed by atoms with E-state index < -0.39 is 5.92 Å². The Hall–Kier alpha value is -3.93. The van der Waals surface area contributed by atoms with Crippen molar-refractivity contribution >= 4 is 11.9 Å². The zero-order chi connectivity index (χ0) is 20.2. The molecule has 0 fully saturated rings. The van der Waals surface area contributed by atoms with Gasteiger partial charge in [-0.3, -0.25) is 4.79 Å². The number of hydrogen-bond donors (Lipinski definition) is 1. The number of carbonyl (C=O) groups is 1. The first-order valence-corrected chi connectivity index (χ1v) is 9.18. The topological polar surface area (TPSA) is 83.0 Å². The van der Waals surface area contributed by atoms with Crippen LogP contribution >= 0.6 is 0 Å². The Morgan fingerprint density at radius 2 is 1.45 bits per heavy atom. The van der Waals surface area contributed by atoms with Gasteiger partial charge in [0.05, 0.1) is 13.0 Å². The summed E-state index contributed by atoms with van der Waals surface area (Å²) in [6.45, 7) is 0. The highest BCUT2D eigenvalue weighted by Gasteiger charge is 2.27. The number of anilines is 1. The summed E-state index contributed by atoms with van der Waals surface area (Å²) in [6, 6.07) is 26.4. The first-order valence-electron chi connectivity index (χ1n) is 9.18. The van der Waals surface area contributed by atoms with E-state index in [9.17, 15) is 4.79 Å². The van der Waals surface area contributed by atoms with E-state index in [1.54, 1.807) is 7.11 Å². The smallest absolute Gasteiger partial charge is 0.262 e. The van der Waals surface area contributed by atoms with Crippen LogP contribution in [0.3, 0.4) is 0 Å². The number of hydrogen-bond acceptors (Lipinski definition) is 5. The summed E-state index contributed by atoms with van der Waals surface area (Å²) >= 11 is 0. The van der Waals surface area contributed by atoms with Crippen LogP contribution in [0.15, 0.2) is 84.9 Å². The first-order chi connectivity index (χ1) is 14.2. The molecule has 0 saturated carbocycles. The Balaban J connectivity index is 1.74. The van der Waals surface area contributed by atoms with Gasteiger partial charge in [0.15, 0.2) is 5.82 Å². The molecule has 0 aliphatic rings. The molecule has 0 bridgehead atoms. The maximum Gasteiger partial charge on any atom is 0.262 e. The molecule has 0 unspecified atom stereocenters. The van der Waals surface area contributed by atoms with E-state index in [1.165, 1.54) is 4.68 Å². The third-order valence-corrected chi connectivity index (χ3v) is 4.70. The molecule has 0 atom stereocenters. The van der Waals surface area contributed by atoms with Crippen LogP contribution in [0, 0.1) is 0 Å². The molecule has 0 radical (unpaired) electrons. The molecule has 2 N–H and O–H groups in total. The number of nitrogens with zero attached hydrogens (tertiary/aromatic N) is 3. The molecular weight excluding hydrogens is 364 g/mol. The van der Waals surface area contributed by atoms with Gasteiger partial charge in [-0.25, -0.2) is 0 Å². The van der Waals surface area contributed by atoms with Crippen molar-refractivity contribution in [2.75, 3.05) is 12.8 Å². The highest BCUT2D eigenvalue weighted by atomic mass is 16.5. The SMILES string of the molecule is COc1ccc(-c2nc(N)n(C(=O)C(c3ccccc3)c3ccccc3)n2)cc1. The normalized spacial score (nSPS) is 10.8. The number of nitrogens with two attached hydrogens (primary N) is 1. The summed E-state index contributed by atoms with van der Waals surface area (Å²) in [6.07, 6.45) is 0. The number of nitrogen functional groups attached to an aromatic ring is 1. The van der Waals surface area contributed by atoms with Crippen LogP contribution in [0.25, 0.3) is 11.4 Å². The van der Waals surface area contributed by atoms with Gasteiger partial charge >= 0.3 is 0 Å². The van der Waals surface area contributed by atoms with Crippen molar-refractivity contribution in [2.45, 2.75) is 5.92 Å². The zero-order valence-corrected chi connectivity index (χ0v) is 15.9. The van der Waals surface area contributed by atoms with Gasteiger partial charge in [0.2, 0.25) is 5.95 Å². The first kappa shape index (κ1) is 18.4. The second kappa shape index (κ2) is 7.98. The summed E-state index contributed by atoms with van der Waals surface area (Å²) in [4.78, 5) is 17.8. The van der Waals surface area contributed by atoms with Crippen molar-refractivity contribution in [1.29, 1.82) is 0 Å². The van der Waals surface area contributed by atoms with Crippen molar-refractivity contribution < 1.29 is 9.53 Å².